The Balaban J connectivity index is 1.43. The standard InChI is InChI=1S/C17H19N3O5S2/c21-15(19-13-6-7-27(23,24)11-13)9-25-16(22)14-10-26-17(20-14)18-8-12-4-2-1-3-5-12/h1-5,10,13H,6-9,11H2,(H,18,20)(H,19,21)/t13-/m1/s1. The number of nitrogens with one attached hydrogen (secondary N) is 2. The average molecular weight is 409 g/mol. The van der Waals surface area contributed by atoms with Crippen LogP contribution in [0.25, 0.3) is 0 Å². The van der Waals surface area contributed by atoms with Gasteiger partial charge in [0.2, 0.25) is 0 Å². The number of hydrogen-bond acceptors (Lipinski definition) is 8. The van der Waals surface area contributed by atoms with Gasteiger partial charge in [-0.25, -0.2) is 18.2 Å². The van der Waals surface area contributed by atoms with Crippen molar-refractivity contribution in [2.75, 3.05) is 23.4 Å². The molecule has 0 radical (unpaired) electrons. The van der Waals surface area contributed by atoms with Gasteiger partial charge in [-0.15, -0.1) is 11.3 Å². The molecule has 1 atom stereocenters. The Morgan fingerprint density at radius 3 is 2.74 bits per heavy atom. The van der Waals surface area contributed by atoms with Crippen LogP contribution in [-0.2, 0) is 25.9 Å². The molecule has 1 fully saturated rings. The number of benzene rings is 1. The maximum Gasteiger partial charge on any atom is 0.358 e. The molecule has 1 amide bonds. The summed E-state index contributed by atoms with van der Waals surface area (Å²) in [6.07, 6.45) is 0.380. The molecular weight excluding hydrogens is 390 g/mol. The van der Waals surface area contributed by atoms with Crippen molar-refractivity contribution in [3.63, 3.8) is 0 Å². The lowest BCUT2D eigenvalue weighted by Crippen LogP contribution is -2.38. The summed E-state index contributed by atoms with van der Waals surface area (Å²) < 4.78 is 27.7. The summed E-state index contributed by atoms with van der Waals surface area (Å²) >= 11 is 1.27. The first-order valence-corrected chi connectivity index (χ1v) is 11.0. The average Bonchev–Trinajstić information content (AvgIpc) is 3.25. The number of sulfone groups is 1. The molecule has 1 aliphatic rings. The van der Waals surface area contributed by atoms with Crippen molar-refractivity contribution in [1.82, 2.24) is 10.3 Å². The topological polar surface area (TPSA) is 114 Å². The van der Waals surface area contributed by atoms with Crippen LogP contribution < -0.4 is 10.6 Å². The van der Waals surface area contributed by atoms with E-state index in [9.17, 15) is 18.0 Å². The normalized spacial score (nSPS) is 18.0. The number of amides is 1. The zero-order valence-electron chi connectivity index (χ0n) is 14.4. The number of nitrogens with zero attached hydrogens (tertiary/aromatic N) is 1. The number of anilines is 1. The maximum absolute atomic E-state index is 12.0. The van der Waals surface area contributed by atoms with E-state index in [1.807, 2.05) is 30.3 Å². The van der Waals surface area contributed by atoms with E-state index in [4.69, 9.17) is 4.74 Å². The summed E-state index contributed by atoms with van der Waals surface area (Å²) in [6, 6.07) is 9.34. The van der Waals surface area contributed by atoms with E-state index in [0.29, 0.717) is 18.1 Å². The molecule has 0 bridgehead atoms. The Bertz CT molecular complexity index is 912. The minimum atomic E-state index is -3.08. The van der Waals surface area contributed by atoms with Gasteiger partial charge in [-0.1, -0.05) is 30.3 Å². The van der Waals surface area contributed by atoms with Crippen molar-refractivity contribution < 1.29 is 22.7 Å². The molecule has 2 heterocycles. The van der Waals surface area contributed by atoms with E-state index in [-0.39, 0.29) is 17.2 Å². The smallest absolute Gasteiger partial charge is 0.358 e. The molecular formula is C17H19N3O5S2. The number of carbonyl (C=O) groups is 2. The molecule has 1 aliphatic heterocycles. The number of hydrogen-bond donors (Lipinski definition) is 2. The molecule has 10 heteroatoms. The van der Waals surface area contributed by atoms with E-state index in [1.165, 1.54) is 11.3 Å². The SMILES string of the molecule is O=C(COC(=O)c1csc(NCc2ccccc2)n1)N[C@@H]1CCS(=O)(=O)C1. The van der Waals surface area contributed by atoms with Crippen LogP contribution >= 0.6 is 11.3 Å². The van der Waals surface area contributed by atoms with Gasteiger partial charge in [-0.05, 0) is 12.0 Å². The highest BCUT2D eigenvalue weighted by molar-refractivity contribution is 7.91. The van der Waals surface area contributed by atoms with Crippen LogP contribution in [0.15, 0.2) is 35.7 Å². The van der Waals surface area contributed by atoms with Gasteiger partial charge in [0.1, 0.15) is 0 Å². The summed E-state index contributed by atoms with van der Waals surface area (Å²) in [7, 11) is -3.08. The highest BCUT2D eigenvalue weighted by Crippen LogP contribution is 2.17. The summed E-state index contributed by atoms with van der Waals surface area (Å²) in [4.78, 5) is 27.9. The third kappa shape index (κ3) is 5.76. The quantitative estimate of drug-likeness (QED) is 0.661. The Morgan fingerprint density at radius 2 is 2.04 bits per heavy atom. The second-order valence-corrected chi connectivity index (χ2v) is 9.21. The van der Waals surface area contributed by atoms with Crippen molar-refractivity contribution in [3.05, 3.63) is 47.0 Å². The molecule has 0 unspecified atom stereocenters. The molecule has 2 N–H and O–H groups in total. The summed E-state index contributed by atoms with van der Waals surface area (Å²) in [5.74, 6) is -1.24. The molecule has 144 valence electrons. The molecule has 1 saturated heterocycles. The van der Waals surface area contributed by atoms with Crippen LogP contribution in [0.1, 0.15) is 22.5 Å². The zero-order valence-corrected chi connectivity index (χ0v) is 16.0. The predicted octanol–water partition coefficient (Wildman–Crippen LogP) is 1.22. The molecule has 27 heavy (non-hydrogen) atoms. The van der Waals surface area contributed by atoms with Crippen LogP contribution in [0.3, 0.4) is 0 Å². The summed E-state index contributed by atoms with van der Waals surface area (Å²) in [6.45, 7) is 0.106. The van der Waals surface area contributed by atoms with Gasteiger partial charge < -0.3 is 15.4 Å². The van der Waals surface area contributed by atoms with Gasteiger partial charge in [0.05, 0.1) is 11.5 Å². The van der Waals surface area contributed by atoms with E-state index < -0.39 is 34.4 Å². The molecule has 0 spiro atoms. The molecule has 1 aromatic carbocycles. The van der Waals surface area contributed by atoms with Crippen LogP contribution in [0, 0.1) is 0 Å². The van der Waals surface area contributed by atoms with Gasteiger partial charge in [-0.3, -0.25) is 4.79 Å². The molecule has 0 saturated carbocycles. The van der Waals surface area contributed by atoms with Crippen LogP contribution in [0.2, 0.25) is 0 Å². The highest BCUT2D eigenvalue weighted by Gasteiger charge is 2.29. The van der Waals surface area contributed by atoms with Crippen LogP contribution in [-0.4, -0.2) is 49.4 Å². The number of aromatic nitrogens is 1. The van der Waals surface area contributed by atoms with Crippen molar-refractivity contribution in [2.24, 2.45) is 0 Å². The fourth-order valence-corrected chi connectivity index (χ4v) is 4.96. The van der Waals surface area contributed by atoms with Crippen LogP contribution in [0.4, 0.5) is 5.13 Å². The number of esters is 1. The molecule has 0 aliphatic carbocycles. The van der Waals surface area contributed by atoms with E-state index in [2.05, 4.69) is 15.6 Å². The first-order chi connectivity index (χ1) is 12.9. The number of carbonyl (C=O) groups excluding carboxylic acids is 2. The minimum absolute atomic E-state index is 0.0648. The molecule has 2 aromatic rings. The third-order valence-electron chi connectivity index (χ3n) is 3.93. The second-order valence-electron chi connectivity index (χ2n) is 6.12. The van der Waals surface area contributed by atoms with Gasteiger partial charge in [0, 0.05) is 18.0 Å². The van der Waals surface area contributed by atoms with Crippen LogP contribution in [0.5, 0.6) is 0 Å². The predicted molar refractivity (Wildman–Crippen MR) is 101 cm³/mol. The Kier molecular flexibility index (Phi) is 6.07. The van der Waals surface area contributed by atoms with E-state index in [0.717, 1.165) is 5.56 Å². The highest BCUT2D eigenvalue weighted by atomic mass is 32.2. The van der Waals surface area contributed by atoms with Gasteiger partial charge in [-0.2, -0.15) is 0 Å². The summed E-state index contributed by atoms with van der Waals surface area (Å²) in [5.41, 5.74) is 1.20. The first-order valence-electron chi connectivity index (χ1n) is 8.31. The lowest BCUT2D eigenvalue weighted by atomic mass is 10.2. The van der Waals surface area contributed by atoms with Crippen molar-refractivity contribution in [1.29, 1.82) is 0 Å². The zero-order chi connectivity index (χ0) is 19.3. The Hall–Kier alpha value is -2.46. The maximum atomic E-state index is 12.0. The fraction of sp³-hybridized carbons (Fsp3) is 0.353. The monoisotopic (exact) mass is 409 g/mol. The van der Waals surface area contributed by atoms with Gasteiger partial charge >= 0.3 is 5.97 Å². The lowest BCUT2D eigenvalue weighted by molar-refractivity contribution is -0.124. The van der Waals surface area contributed by atoms with E-state index >= 15 is 0 Å². The largest absolute Gasteiger partial charge is 0.451 e. The third-order valence-corrected chi connectivity index (χ3v) is 6.50. The number of rotatable bonds is 7. The number of thiazole rings is 1. The minimum Gasteiger partial charge on any atom is -0.451 e. The second kappa shape index (κ2) is 8.49. The van der Waals surface area contributed by atoms with Gasteiger partial charge in [0.15, 0.2) is 27.3 Å². The lowest BCUT2D eigenvalue weighted by Gasteiger charge is -2.10. The Morgan fingerprint density at radius 1 is 1.26 bits per heavy atom. The van der Waals surface area contributed by atoms with Crippen molar-refractivity contribution in [3.8, 4) is 0 Å². The fourth-order valence-electron chi connectivity index (χ4n) is 2.61. The Labute approximate surface area is 160 Å². The van der Waals surface area contributed by atoms with E-state index in [1.54, 1.807) is 5.38 Å². The van der Waals surface area contributed by atoms with Crippen molar-refractivity contribution in [2.45, 2.75) is 19.0 Å². The first kappa shape index (κ1) is 19.3. The number of ether oxygens (including phenoxy) is 1. The molecule has 1 aromatic heterocycles. The molecule has 3 rings (SSSR count). The van der Waals surface area contributed by atoms with Gasteiger partial charge in [0.25, 0.3) is 5.91 Å². The summed E-state index contributed by atoms with van der Waals surface area (Å²) in [5, 5.41) is 7.81. The molecule has 8 nitrogen and oxygen atoms in total. The van der Waals surface area contributed by atoms with Crippen molar-refractivity contribution >= 4 is 38.2 Å².